The highest BCUT2D eigenvalue weighted by molar-refractivity contribution is 5.71. The minimum absolute atomic E-state index is 0.202. The Labute approximate surface area is 237 Å². The summed E-state index contributed by atoms with van der Waals surface area (Å²) >= 11 is 0. The third-order valence-electron chi connectivity index (χ3n) is 7.62. The highest BCUT2D eigenvalue weighted by Gasteiger charge is 2.23. The lowest BCUT2D eigenvalue weighted by Gasteiger charge is -2.28. The molecule has 2 nitrogen and oxygen atoms in total. The van der Waals surface area contributed by atoms with Gasteiger partial charge in [-0.2, -0.15) is 0 Å². The van der Waals surface area contributed by atoms with Crippen LogP contribution in [0, 0.1) is 23.4 Å². The zero-order valence-electron chi connectivity index (χ0n) is 23.7. The third-order valence-corrected chi connectivity index (χ3v) is 7.62. The van der Waals surface area contributed by atoms with Gasteiger partial charge in [0, 0.05) is 22.6 Å². The van der Waals surface area contributed by atoms with Crippen LogP contribution >= 0.6 is 0 Å². The van der Waals surface area contributed by atoms with Gasteiger partial charge in [0.05, 0.1) is 13.2 Å². The number of ether oxygens (including phenoxy) is 2. The van der Waals surface area contributed by atoms with Crippen molar-refractivity contribution < 1.29 is 22.6 Å². The fourth-order valence-corrected chi connectivity index (χ4v) is 5.29. The van der Waals surface area contributed by atoms with Crippen LogP contribution in [0.2, 0.25) is 0 Å². The molecule has 0 aliphatic carbocycles. The van der Waals surface area contributed by atoms with Crippen LogP contribution in [0.4, 0.5) is 13.2 Å². The van der Waals surface area contributed by atoms with Gasteiger partial charge in [0.1, 0.15) is 5.82 Å². The van der Waals surface area contributed by atoms with E-state index in [0.717, 1.165) is 19.3 Å². The molecule has 1 aliphatic rings. The number of rotatable bonds is 13. The van der Waals surface area contributed by atoms with Crippen LogP contribution in [-0.2, 0) is 15.9 Å². The molecule has 214 valence electrons. The molecule has 5 heteroatoms. The number of benzene rings is 3. The van der Waals surface area contributed by atoms with Crippen molar-refractivity contribution in [3.05, 3.63) is 95.3 Å². The van der Waals surface area contributed by atoms with Crippen molar-refractivity contribution in [3.63, 3.8) is 0 Å². The zero-order chi connectivity index (χ0) is 28.3. The van der Waals surface area contributed by atoms with E-state index in [-0.39, 0.29) is 11.5 Å². The Kier molecular flexibility index (Phi) is 11.4. The third kappa shape index (κ3) is 7.86. The van der Waals surface area contributed by atoms with Crippen LogP contribution in [-0.4, -0.2) is 13.2 Å². The van der Waals surface area contributed by atoms with Gasteiger partial charge in [0.15, 0.2) is 17.9 Å². The van der Waals surface area contributed by atoms with Crippen molar-refractivity contribution in [2.24, 2.45) is 5.92 Å². The molecule has 0 bridgehead atoms. The summed E-state index contributed by atoms with van der Waals surface area (Å²) in [6, 6.07) is 15.1. The lowest BCUT2D eigenvalue weighted by Crippen LogP contribution is -2.25. The van der Waals surface area contributed by atoms with Crippen molar-refractivity contribution >= 4 is 0 Å². The molecule has 0 unspecified atom stereocenters. The largest absolute Gasteiger partial charge is 0.348 e. The number of unbranched alkanes of at least 4 members (excludes halogenated alkanes) is 7. The zero-order valence-corrected chi connectivity index (χ0v) is 23.7. The molecule has 1 saturated heterocycles. The first kappa shape index (κ1) is 30.1. The average molecular weight is 551 g/mol. The molecule has 0 atom stereocenters. The highest BCUT2D eigenvalue weighted by atomic mass is 19.2. The molecule has 0 radical (unpaired) electrons. The maximum atomic E-state index is 15.1. The number of aryl methyl sites for hydroxylation is 1. The Morgan fingerprint density at radius 2 is 1.32 bits per heavy atom. The van der Waals surface area contributed by atoms with Gasteiger partial charge in [-0.1, -0.05) is 113 Å². The van der Waals surface area contributed by atoms with Crippen molar-refractivity contribution in [1.82, 2.24) is 0 Å². The molecule has 3 aromatic carbocycles. The summed E-state index contributed by atoms with van der Waals surface area (Å²) in [4.78, 5) is 0. The first-order valence-electron chi connectivity index (χ1n) is 14.7. The summed E-state index contributed by atoms with van der Waals surface area (Å²) in [7, 11) is 0. The van der Waals surface area contributed by atoms with Crippen LogP contribution < -0.4 is 0 Å². The Hall–Kier alpha value is -2.89. The van der Waals surface area contributed by atoms with Gasteiger partial charge in [-0.15, -0.1) is 0 Å². The summed E-state index contributed by atoms with van der Waals surface area (Å²) < 4.78 is 56.5. The first-order chi connectivity index (χ1) is 19.5. The molecule has 0 spiro atoms. The first-order valence-corrected chi connectivity index (χ1v) is 14.7. The standard InChI is InChI=1S/C35H41F3O2/c1-3-5-6-7-8-9-10-11-13-28-18-21-31(34(38)33(28)37)27-16-14-26(15-17-27)30-20-19-29(22-32(30)36)35-39-23-25(12-4-2)24-40-35/h4,12,14-22,25,35H,3,5-11,13,23-24H2,1-2H3/b12-4+. The van der Waals surface area contributed by atoms with E-state index in [1.54, 1.807) is 48.5 Å². The predicted octanol–water partition coefficient (Wildman–Crippen LogP) is 10.4. The minimum atomic E-state index is -0.829. The molecule has 1 aliphatic heterocycles. The lowest BCUT2D eigenvalue weighted by molar-refractivity contribution is -0.197. The van der Waals surface area contributed by atoms with E-state index in [9.17, 15) is 4.39 Å². The molecule has 0 N–H and O–H groups in total. The summed E-state index contributed by atoms with van der Waals surface area (Å²) in [5, 5.41) is 0. The molecule has 4 rings (SSSR count). The normalized spacial score (nSPS) is 17.5. The molecular weight excluding hydrogens is 509 g/mol. The number of hydrogen-bond donors (Lipinski definition) is 0. The summed E-state index contributed by atoms with van der Waals surface area (Å²) in [6.45, 7) is 5.21. The average Bonchev–Trinajstić information content (AvgIpc) is 2.97. The Bertz CT molecular complexity index is 1240. The van der Waals surface area contributed by atoms with E-state index in [0.29, 0.717) is 47.5 Å². The summed E-state index contributed by atoms with van der Waals surface area (Å²) in [6.07, 6.45) is 13.3. The SMILES string of the molecule is C/C=C/C1COC(c2ccc(-c3ccc(-c4ccc(CCCCCCCCCC)c(F)c4F)cc3)c(F)c2)OC1. The maximum absolute atomic E-state index is 15.1. The number of allylic oxidation sites excluding steroid dienone is 1. The van der Waals surface area contributed by atoms with E-state index in [1.807, 2.05) is 19.1 Å². The smallest absolute Gasteiger partial charge is 0.183 e. The molecule has 0 aromatic heterocycles. The minimum Gasteiger partial charge on any atom is -0.348 e. The van der Waals surface area contributed by atoms with Gasteiger partial charge in [0.25, 0.3) is 0 Å². The van der Waals surface area contributed by atoms with Gasteiger partial charge >= 0.3 is 0 Å². The van der Waals surface area contributed by atoms with Crippen molar-refractivity contribution in [2.75, 3.05) is 13.2 Å². The fourth-order valence-electron chi connectivity index (χ4n) is 5.29. The molecule has 0 saturated carbocycles. The van der Waals surface area contributed by atoms with E-state index >= 15 is 8.78 Å². The molecule has 3 aromatic rings. The van der Waals surface area contributed by atoms with Crippen LogP contribution in [0.25, 0.3) is 22.3 Å². The van der Waals surface area contributed by atoms with E-state index in [4.69, 9.17) is 9.47 Å². The molecular formula is C35H41F3O2. The quantitative estimate of drug-likeness (QED) is 0.156. The van der Waals surface area contributed by atoms with Crippen LogP contribution in [0.1, 0.15) is 82.6 Å². The molecule has 1 fully saturated rings. The van der Waals surface area contributed by atoms with Gasteiger partial charge in [-0.3, -0.25) is 0 Å². The van der Waals surface area contributed by atoms with Gasteiger partial charge in [0.2, 0.25) is 0 Å². The van der Waals surface area contributed by atoms with Crippen LogP contribution in [0.5, 0.6) is 0 Å². The molecule has 0 amide bonds. The second kappa shape index (κ2) is 15.2. The Morgan fingerprint density at radius 1 is 0.725 bits per heavy atom. The number of halogens is 3. The van der Waals surface area contributed by atoms with Crippen molar-refractivity contribution in [3.8, 4) is 22.3 Å². The van der Waals surface area contributed by atoms with Gasteiger partial charge in [-0.25, -0.2) is 13.2 Å². The van der Waals surface area contributed by atoms with E-state index < -0.39 is 23.7 Å². The van der Waals surface area contributed by atoms with Crippen molar-refractivity contribution in [1.29, 1.82) is 0 Å². The maximum Gasteiger partial charge on any atom is 0.183 e. The fraction of sp³-hybridized carbons (Fsp3) is 0.429. The van der Waals surface area contributed by atoms with E-state index in [1.165, 1.54) is 38.2 Å². The summed E-state index contributed by atoms with van der Waals surface area (Å²) in [5.74, 6) is -1.79. The molecule has 1 heterocycles. The topological polar surface area (TPSA) is 18.5 Å². The summed E-state index contributed by atoms with van der Waals surface area (Å²) in [5.41, 5.74) is 2.89. The van der Waals surface area contributed by atoms with Crippen LogP contribution in [0.15, 0.2) is 66.7 Å². The second-order valence-corrected chi connectivity index (χ2v) is 10.7. The van der Waals surface area contributed by atoms with Crippen LogP contribution in [0.3, 0.4) is 0 Å². The predicted molar refractivity (Wildman–Crippen MR) is 156 cm³/mol. The molecule has 40 heavy (non-hydrogen) atoms. The lowest BCUT2D eigenvalue weighted by atomic mass is 9.96. The van der Waals surface area contributed by atoms with Gasteiger partial charge in [-0.05, 0) is 42.5 Å². The number of hydrogen-bond acceptors (Lipinski definition) is 2. The second-order valence-electron chi connectivity index (χ2n) is 10.7. The Morgan fingerprint density at radius 3 is 1.95 bits per heavy atom. The Balaban J connectivity index is 1.36. The van der Waals surface area contributed by atoms with Crippen molar-refractivity contribution in [2.45, 2.75) is 77.9 Å². The van der Waals surface area contributed by atoms with E-state index in [2.05, 4.69) is 6.92 Å². The van der Waals surface area contributed by atoms with Gasteiger partial charge < -0.3 is 9.47 Å². The highest BCUT2D eigenvalue weighted by Crippen LogP contribution is 2.33. The monoisotopic (exact) mass is 550 g/mol.